The van der Waals surface area contributed by atoms with Gasteiger partial charge in [0.1, 0.15) is 0 Å². The maximum absolute atomic E-state index is 13.1. The lowest BCUT2D eigenvalue weighted by molar-refractivity contribution is -0.142. The third-order valence-corrected chi connectivity index (χ3v) is 8.12. The summed E-state index contributed by atoms with van der Waals surface area (Å²) in [7, 11) is 0. The Morgan fingerprint density at radius 3 is 2.33 bits per heavy atom. The Hall–Kier alpha value is -2.17. The maximum atomic E-state index is 13.1. The van der Waals surface area contributed by atoms with Gasteiger partial charge in [-0.25, -0.2) is 0 Å². The summed E-state index contributed by atoms with van der Waals surface area (Å²) >= 11 is 0. The van der Waals surface area contributed by atoms with Gasteiger partial charge in [-0.05, 0) is 68.8 Å². The Labute approximate surface area is 178 Å². The van der Waals surface area contributed by atoms with Crippen LogP contribution < -0.4 is 0 Å². The van der Waals surface area contributed by atoms with Gasteiger partial charge in [-0.3, -0.25) is 19.3 Å². The summed E-state index contributed by atoms with van der Waals surface area (Å²) in [5.41, 5.74) is 1.31. The lowest BCUT2D eigenvalue weighted by Crippen LogP contribution is -2.45. The molecule has 1 aromatic rings. The van der Waals surface area contributed by atoms with Crippen molar-refractivity contribution in [3.8, 4) is 0 Å². The van der Waals surface area contributed by atoms with E-state index in [4.69, 9.17) is 0 Å². The molecule has 5 unspecified atom stereocenters. The maximum Gasteiger partial charge on any atom is 0.233 e. The zero-order valence-corrected chi connectivity index (χ0v) is 17.7. The van der Waals surface area contributed by atoms with Crippen LogP contribution in [-0.2, 0) is 20.8 Å². The van der Waals surface area contributed by atoms with E-state index in [0.717, 1.165) is 51.5 Å². The molecular formula is C25H32N2O3. The van der Waals surface area contributed by atoms with Crippen molar-refractivity contribution < 1.29 is 14.4 Å². The number of carbonyl (C=O) groups excluding carboxylic acids is 3. The minimum absolute atomic E-state index is 0.00396. The van der Waals surface area contributed by atoms with E-state index in [9.17, 15) is 14.4 Å². The molecular weight excluding hydrogens is 376 g/mol. The van der Waals surface area contributed by atoms with Crippen LogP contribution in [0.1, 0.15) is 56.9 Å². The van der Waals surface area contributed by atoms with Crippen LogP contribution in [0.4, 0.5) is 0 Å². The molecule has 5 rings (SSSR count). The summed E-state index contributed by atoms with van der Waals surface area (Å²) in [5, 5.41) is 0. The van der Waals surface area contributed by atoms with Gasteiger partial charge in [0.2, 0.25) is 17.7 Å². The van der Waals surface area contributed by atoms with E-state index in [1.54, 1.807) is 0 Å². The van der Waals surface area contributed by atoms with Crippen molar-refractivity contribution in [1.29, 1.82) is 0 Å². The molecule has 5 nitrogen and oxygen atoms in total. The SMILES string of the molecule is O=C1C2C3CCC(C3)C2C(=O)N1CCC(=O)N1CCCCC1CCc1ccccc1. The van der Waals surface area contributed by atoms with Crippen LogP contribution in [0.2, 0.25) is 0 Å². The molecule has 5 atom stereocenters. The van der Waals surface area contributed by atoms with E-state index in [1.807, 2.05) is 11.0 Å². The number of nitrogens with zero attached hydrogens (tertiary/aromatic N) is 2. The molecule has 2 saturated carbocycles. The molecule has 2 heterocycles. The van der Waals surface area contributed by atoms with Gasteiger partial charge in [0, 0.05) is 25.6 Å². The summed E-state index contributed by atoms with van der Waals surface area (Å²) in [4.78, 5) is 42.3. The van der Waals surface area contributed by atoms with E-state index < -0.39 is 0 Å². The first-order valence-corrected chi connectivity index (χ1v) is 11.8. The zero-order chi connectivity index (χ0) is 20.7. The zero-order valence-electron chi connectivity index (χ0n) is 17.7. The molecule has 2 bridgehead atoms. The molecule has 5 heteroatoms. The lowest BCUT2D eigenvalue weighted by atomic mass is 9.81. The van der Waals surface area contributed by atoms with Gasteiger partial charge in [0.15, 0.2) is 0 Å². The fourth-order valence-electron chi connectivity index (χ4n) is 6.65. The smallest absolute Gasteiger partial charge is 0.233 e. The normalized spacial score (nSPS) is 32.7. The summed E-state index contributed by atoms with van der Waals surface area (Å²) in [6, 6.07) is 10.7. The van der Waals surface area contributed by atoms with Crippen molar-refractivity contribution in [3.05, 3.63) is 35.9 Å². The van der Waals surface area contributed by atoms with Gasteiger partial charge in [0.25, 0.3) is 0 Å². The molecule has 1 aromatic carbocycles. The minimum atomic E-state index is -0.0834. The van der Waals surface area contributed by atoms with Crippen molar-refractivity contribution in [3.63, 3.8) is 0 Å². The Morgan fingerprint density at radius 1 is 0.933 bits per heavy atom. The molecule has 4 fully saturated rings. The number of benzene rings is 1. The Morgan fingerprint density at radius 2 is 1.63 bits per heavy atom. The highest BCUT2D eigenvalue weighted by Gasteiger charge is 2.60. The van der Waals surface area contributed by atoms with Crippen LogP contribution in [0.3, 0.4) is 0 Å². The van der Waals surface area contributed by atoms with Crippen molar-refractivity contribution in [2.45, 2.75) is 63.8 Å². The molecule has 30 heavy (non-hydrogen) atoms. The number of hydrogen-bond donors (Lipinski definition) is 0. The molecule has 3 amide bonds. The number of fused-ring (bicyclic) bond motifs is 5. The Balaban J connectivity index is 1.18. The standard InChI is InChI=1S/C25H32N2O3/c28-21(26-14-5-4-8-20(26)12-9-17-6-2-1-3-7-17)13-15-27-24(29)22-18-10-11-19(16-18)23(22)25(27)30/h1-3,6-7,18-20,22-23H,4-5,8-16H2. The van der Waals surface area contributed by atoms with Crippen molar-refractivity contribution >= 4 is 17.7 Å². The van der Waals surface area contributed by atoms with Crippen LogP contribution in [0.25, 0.3) is 0 Å². The van der Waals surface area contributed by atoms with Crippen LogP contribution in [0.5, 0.6) is 0 Å². The Kier molecular flexibility index (Phi) is 5.38. The number of likely N-dealkylation sites (tertiary alicyclic amines) is 2. The number of rotatable bonds is 6. The quantitative estimate of drug-likeness (QED) is 0.678. The molecule has 0 aromatic heterocycles. The summed E-state index contributed by atoms with van der Waals surface area (Å²) < 4.78 is 0. The molecule has 0 radical (unpaired) electrons. The molecule has 0 spiro atoms. The second-order valence-corrected chi connectivity index (χ2v) is 9.72. The van der Waals surface area contributed by atoms with Gasteiger partial charge in [-0.15, -0.1) is 0 Å². The number of aryl methyl sites for hydroxylation is 1. The highest BCUT2D eigenvalue weighted by atomic mass is 16.2. The van der Waals surface area contributed by atoms with Gasteiger partial charge >= 0.3 is 0 Å². The largest absolute Gasteiger partial charge is 0.340 e. The van der Waals surface area contributed by atoms with Gasteiger partial charge in [0.05, 0.1) is 11.8 Å². The van der Waals surface area contributed by atoms with Crippen LogP contribution in [0, 0.1) is 23.7 Å². The summed E-state index contributed by atoms with van der Waals surface area (Å²) in [5.74, 6) is 0.755. The fraction of sp³-hybridized carbons (Fsp3) is 0.640. The average molecular weight is 409 g/mol. The molecule has 160 valence electrons. The van der Waals surface area contributed by atoms with E-state index in [2.05, 4.69) is 24.3 Å². The third kappa shape index (κ3) is 3.46. The molecule has 0 N–H and O–H groups in total. The number of carbonyl (C=O) groups is 3. The number of imide groups is 1. The van der Waals surface area contributed by atoms with E-state index >= 15 is 0 Å². The second kappa shape index (κ2) is 8.16. The van der Waals surface area contributed by atoms with E-state index in [1.165, 1.54) is 16.9 Å². The van der Waals surface area contributed by atoms with E-state index in [0.29, 0.717) is 11.8 Å². The van der Waals surface area contributed by atoms with E-state index in [-0.39, 0.29) is 48.6 Å². The first-order valence-electron chi connectivity index (χ1n) is 11.8. The molecule has 2 aliphatic carbocycles. The molecule has 2 aliphatic heterocycles. The van der Waals surface area contributed by atoms with Crippen molar-refractivity contribution in [1.82, 2.24) is 9.80 Å². The fourth-order valence-corrected chi connectivity index (χ4v) is 6.65. The highest BCUT2D eigenvalue weighted by molar-refractivity contribution is 6.06. The predicted octanol–water partition coefficient (Wildman–Crippen LogP) is 3.42. The topological polar surface area (TPSA) is 57.7 Å². The first-order chi connectivity index (χ1) is 14.6. The second-order valence-electron chi connectivity index (χ2n) is 9.72. The number of amides is 3. The summed E-state index contributed by atoms with van der Waals surface area (Å²) in [6.45, 7) is 1.07. The molecule has 2 saturated heterocycles. The average Bonchev–Trinajstić information content (AvgIpc) is 3.46. The number of hydrogen-bond acceptors (Lipinski definition) is 3. The van der Waals surface area contributed by atoms with Crippen molar-refractivity contribution in [2.24, 2.45) is 23.7 Å². The third-order valence-electron chi connectivity index (χ3n) is 8.12. The minimum Gasteiger partial charge on any atom is -0.340 e. The lowest BCUT2D eigenvalue weighted by Gasteiger charge is -2.36. The Bertz CT molecular complexity index is 795. The predicted molar refractivity (Wildman–Crippen MR) is 113 cm³/mol. The van der Waals surface area contributed by atoms with Crippen LogP contribution >= 0.6 is 0 Å². The molecule has 4 aliphatic rings. The first kappa shape index (κ1) is 19.8. The number of piperidine rings is 1. The van der Waals surface area contributed by atoms with Crippen LogP contribution in [-0.4, -0.2) is 46.7 Å². The van der Waals surface area contributed by atoms with Crippen molar-refractivity contribution in [2.75, 3.05) is 13.1 Å². The monoisotopic (exact) mass is 408 g/mol. The van der Waals surface area contributed by atoms with Crippen LogP contribution in [0.15, 0.2) is 30.3 Å². The summed E-state index contributed by atoms with van der Waals surface area (Å²) in [6.07, 6.45) is 8.72. The highest BCUT2D eigenvalue weighted by Crippen LogP contribution is 2.56. The van der Waals surface area contributed by atoms with Gasteiger partial charge < -0.3 is 4.90 Å². The van der Waals surface area contributed by atoms with Gasteiger partial charge in [-0.1, -0.05) is 30.3 Å². The van der Waals surface area contributed by atoms with Gasteiger partial charge in [-0.2, -0.15) is 0 Å².